The number of hydrogen-bond donors (Lipinski definition) is 0. The highest BCUT2D eigenvalue weighted by molar-refractivity contribution is 7.13. The zero-order chi connectivity index (χ0) is 14.2. The molecule has 0 unspecified atom stereocenters. The summed E-state index contributed by atoms with van der Waals surface area (Å²) in [4.78, 5) is 0.939. The Bertz CT molecular complexity index is 848. The fraction of sp³-hybridized carbons (Fsp3) is 0.0714. The van der Waals surface area contributed by atoms with E-state index in [1.165, 1.54) is 11.3 Å². The van der Waals surface area contributed by atoms with Crippen molar-refractivity contribution < 1.29 is 9.47 Å². The summed E-state index contributed by atoms with van der Waals surface area (Å²) in [6.07, 6.45) is 0. The van der Waals surface area contributed by atoms with E-state index in [1.54, 1.807) is 4.68 Å². The number of nitriles is 1. The van der Waals surface area contributed by atoms with E-state index in [4.69, 9.17) is 9.47 Å². The summed E-state index contributed by atoms with van der Waals surface area (Å²) < 4.78 is 12.3. The van der Waals surface area contributed by atoms with Gasteiger partial charge < -0.3 is 9.47 Å². The van der Waals surface area contributed by atoms with Gasteiger partial charge in [-0.05, 0) is 23.6 Å². The highest BCUT2D eigenvalue weighted by Crippen LogP contribution is 2.35. The Morgan fingerprint density at radius 3 is 2.95 bits per heavy atom. The first-order valence-corrected chi connectivity index (χ1v) is 7.04. The molecule has 21 heavy (non-hydrogen) atoms. The van der Waals surface area contributed by atoms with Crippen LogP contribution in [0.25, 0.3) is 16.3 Å². The molecule has 102 valence electrons. The van der Waals surface area contributed by atoms with Crippen LogP contribution in [0.5, 0.6) is 11.5 Å². The molecule has 4 rings (SSSR count). The minimum Gasteiger partial charge on any atom is -0.454 e. The van der Waals surface area contributed by atoms with Crippen LogP contribution in [0, 0.1) is 11.3 Å². The molecule has 0 radical (unpaired) electrons. The maximum atomic E-state index is 9.23. The van der Waals surface area contributed by atoms with Gasteiger partial charge in [0.1, 0.15) is 11.8 Å². The Balaban J connectivity index is 1.90. The SMILES string of the molecule is N#Cc1nnn(-c2ccc3c(c2)OCO3)c1-c1cccs1. The molecule has 3 aromatic rings. The lowest BCUT2D eigenvalue weighted by molar-refractivity contribution is 0.174. The molecule has 6 nitrogen and oxygen atoms in total. The maximum Gasteiger partial charge on any atom is 0.231 e. The number of fused-ring (bicyclic) bond motifs is 1. The van der Waals surface area contributed by atoms with Crippen LogP contribution in [0.3, 0.4) is 0 Å². The number of rotatable bonds is 2. The highest BCUT2D eigenvalue weighted by atomic mass is 32.1. The summed E-state index contributed by atoms with van der Waals surface area (Å²) in [5.41, 5.74) is 1.76. The average molecular weight is 296 g/mol. The predicted molar refractivity (Wildman–Crippen MR) is 75.5 cm³/mol. The standard InChI is InChI=1S/C14H8N4O2S/c15-7-10-14(13-2-1-5-21-13)18(17-16-10)9-3-4-11-12(6-9)20-8-19-11/h1-6H,8H2. The maximum absolute atomic E-state index is 9.23. The molecule has 0 atom stereocenters. The van der Waals surface area contributed by atoms with Crippen LogP contribution in [0.2, 0.25) is 0 Å². The lowest BCUT2D eigenvalue weighted by atomic mass is 10.2. The van der Waals surface area contributed by atoms with Gasteiger partial charge in [0.2, 0.25) is 6.79 Å². The molecule has 0 saturated heterocycles. The molecule has 2 aromatic heterocycles. The second-order valence-electron chi connectivity index (χ2n) is 4.33. The minimum absolute atomic E-state index is 0.220. The zero-order valence-electron chi connectivity index (χ0n) is 10.7. The second kappa shape index (κ2) is 4.61. The van der Waals surface area contributed by atoms with Gasteiger partial charge in [-0.1, -0.05) is 11.3 Å². The fourth-order valence-corrected chi connectivity index (χ4v) is 2.94. The van der Waals surface area contributed by atoms with E-state index in [2.05, 4.69) is 16.4 Å². The van der Waals surface area contributed by atoms with E-state index in [0.717, 1.165) is 10.6 Å². The molecule has 0 amide bonds. The first kappa shape index (κ1) is 11.9. The number of hydrogen-bond acceptors (Lipinski definition) is 6. The smallest absolute Gasteiger partial charge is 0.231 e. The van der Waals surface area contributed by atoms with Crippen LogP contribution in [0.15, 0.2) is 35.7 Å². The third kappa shape index (κ3) is 1.85. The van der Waals surface area contributed by atoms with Gasteiger partial charge in [-0.25, -0.2) is 4.68 Å². The lowest BCUT2D eigenvalue weighted by Gasteiger charge is -2.06. The largest absolute Gasteiger partial charge is 0.454 e. The van der Waals surface area contributed by atoms with E-state index in [9.17, 15) is 5.26 Å². The fourth-order valence-electron chi connectivity index (χ4n) is 2.19. The molecule has 1 aliphatic rings. The number of nitrogens with zero attached hydrogens (tertiary/aromatic N) is 4. The van der Waals surface area contributed by atoms with Crippen molar-refractivity contribution in [3.63, 3.8) is 0 Å². The molecular formula is C14H8N4O2S. The topological polar surface area (TPSA) is 73.0 Å². The van der Waals surface area contributed by atoms with Gasteiger partial charge in [0.25, 0.3) is 0 Å². The third-order valence-electron chi connectivity index (χ3n) is 3.13. The van der Waals surface area contributed by atoms with Crippen molar-refractivity contribution in [3.8, 4) is 33.8 Å². The van der Waals surface area contributed by atoms with Crippen molar-refractivity contribution in [2.45, 2.75) is 0 Å². The summed E-state index contributed by atoms with van der Waals surface area (Å²) in [5.74, 6) is 1.37. The van der Waals surface area contributed by atoms with Crippen LogP contribution in [-0.2, 0) is 0 Å². The normalized spacial score (nSPS) is 12.3. The van der Waals surface area contributed by atoms with Crippen LogP contribution in [0.4, 0.5) is 0 Å². The molecule has 0 aliphatic carbocycles. The van der Waals surface area contributed by atoms with Crippen molar-refractivity contribution >= 4 is 11.3 Å². The Morgan fingerprint density at radius 1 is 1.24 bits per heavy atom. The third-order valence-corrected chi connectivity index (χ3v) is 4.01. The Labute approximate surface area is 123 Å². The van der Waals surface area contributed by atoms with Crippen LogP contribution < -0.4 is 9.47 Å². The van der Waals surface area contributed by atoms with Crippen LogP contribution in [0.1, 0.15) is 5.69 Å². The minimum atomic E-state index is 0.220. The van der Waals surface area contributed by atoms with Gasteiger partial charge in [-0.3, -0.25) is 0 Å². The molecule has 0 fully saturated rings. The van der Waals surface area contributed by atoms with Gasteiger partial charge in [0.15, 0.2) is 17.2 Å². The van der Waals surface area contributed by atoms with Crippen molar-refractivity contribution in [1.29, 1.82) is 5.26 Å². The quantitative estimate of drug-likeness (QED) is 0.726. The van der Waals surface area contributed by atoms with E-state index in [0.29, 0.717) is 22.9 Å². The molecule has 0 spiro atoms. The van der Waals surface area contributed by atoms with E-state index in [-0.39, 0.29) is 6.79 Å². The monoisotopic (exact) mass is 296 g/mol. The van der Waals surface area contributed by atoms with E-state index < -0.39 is 0 Å². The summed E-state index contributed by atoms with van der Waals surface area (Å²) in [7, 11) is 0. The lowest BCUT2D eigenvalue weighted by Crippen LogP contribution is -1.99. The first-order valence-electron chi connectivity index (χ1n) is 6.16. The van der Waals surface area contributed by atoms with Gasteiger partial charge >= 0.3 is 0 Å². The molecule has 1 aliphatic heterocycles. The first-order chi connectivity index (χ1) is 10.4. The second-order valence-corrected chi connectivity index (χ2v) is 5.27. The predicted octanol–water partition coefficient (Wildman–Crippen LogP) is 2.60. The van der Waals surface area contributed by atoms with Gasteiger partial charge in [0, 0.05) is 6.07 Å². The van der Waals surface area contributed by atoms with Crippen molar-refractivity contribution in [1.82, 2.24) is 15.0 Å². The molecule has 3 heterocycles. The Morgan fingerprint density at radius 2 is 2.14 bits per heavy atom. The highest BCUT2D eigenvalue weighted by Gasteiger charge is 2.19. The van der Waals surface area contributed by atoms with E-state index >= 15 is 0 Å². The van der Waals surface area contributed by atoms with Gasteiger partial charge in [0.05, 0.1) is 10.6 Å². The van der Waals surface area contributed by atoms with Crippen molar-refractivity contribution in [2.24, 2.45) is 0 Å². The number of aromatic nitrogens is 3. The number of thiophene rings is 1. The summed E-state index contributed by atoms with van der Waals surface area (Å²) in [6, 6.07) is 11.5. The average Bonchev–Trinajstić information content (AvgIpc) is 3.24. The van der Waals surface area contributed by atoms with Gasteiger partial charge in [-0.15, -0.1) is 16.4 Å². The molecule has 7 heteroatoms. The molecular weight excluding hydrogens is 288 g/mol. The Hall–Kier alpha value is -2.85. The zero-order valence-corrected chi connectivity index (χ0v) is 11.5. The summed E-state index contributed by atoms with van der Waals surface area (Å²) >= 11 is 1.54. The molecule has 0 bridgehead atoms. The van der Waals surface area contributed by atoms with E-state index in [1.807, 2.05) is 35.7 Å². The number of ether oxygens (including phenoxy) is 2. The van der Waals surface area contributed by atoms with Crippen molar-refractivity contribution in [2.75, 3.05) is 6.79 Å². The number of benzene rings is 1. The molecule has 1 aromatic carbocycles. The van der Waals surface area contributed by atoms with Crippen LogP contribution in [-0.4, -0.2) is 21.8 Å². The van der Waals surface area contributed by atoms with Crippen LogP contribution >= 0.6 is 11.3 Å². The van der Waals surface area contributed by atoms with Gasteiger partial charge in [-0.2, -0.15) is 5.26 Å². The summed E-state index contributed by atoms with van der Waals surface area (Å²) in [5, 5.41) is 19.2. The molecule has 0 saturated carbocycles. The summed E-state index contributed by atoms with van der Waals surface area (Å²) in [6.45, 7) is 0.220. The Kier molecular flexibility index (Phi) is 2.62. The molecule has 0 N–H and O–H groups in total. The van der Waals surface area contributed by atoms with Crippen molar-refractivity contribution in [3.05, 3.63) is 41.4 Å².